The molecule has 100 heavy (non-hydrogen) atoms. The van der Waals surface area contributed by atoms with Gasteiger partial charge in [-0.1, -0.05) is 300 Å². The predicted molar refractivity (Wildman–Crippen MR) is 426 cm³/mol. The molecule has 0 radical (unpaired) electrons. The summed E-state index contributed by atoms with van der Waals surface area (Å²) in [5.41, 5.74) is 35.6. The van der Waals surface area contributed by atoms with Gasteiger partial charge in [-0.25, -0.2) is 0 Å². The van der Waals surface area contributed by atoms with Crippen molar-refractivity contribution in [2.75, 3.05) is 14.7 Å². The molecule has 1 aromatic heterocycles. The van der Waals surface area contributed by atoms with Gasteiger partial charge in [0.25, 0.3) is 6.71 Å². The lowest BCUT2D eigenvalue weighted by molar-refractivity contribution is 0.590. The molecule has 6 heteroatoms. The zero-order valence-corrected chi connectivity index (χ0v) is 57.2. The number of aryl methyl sites for hydroxylation is 1. The standard InChI is InChI=1S/C94H73B2N3O/c1-61(2)66-42-54-86(80(58-66)77-36-19-18-35-76(77)75-34-17-16-32-73(75)64-28-12-8-13-29-64)99-87-60-72(97(70-48-44-68(45-49-70)94(4,5)6)85-41-25-22-33-74(85)65-30-14-9-15-31-65)52-53-84(87)96-91-88(56-62(3)57-89(91)99)98(92-81-59-67(63-26-10-7-11-27-63)43-55-90(81)100-93(92)96)71-50-46-69(47-51-71)95-82-39-23-20-37-78(82)79-38-21-24-40-83(79)95/h7-61H,1-6H3. The quantitative estimate of drug-likeness (QED) is 0.114. The Bertz CT molecular complexity index is 5610. The SMILES string of the molecule is Cc1cc2c3c(c1)N(c1ccc(B4c5ccccc5-c5ccccc54)cc1)c1c(oc4ccc(-c5ccccc5)cc14)B3c1ccc(N(c3ccc(C(C)(C)C)cc3)c3ccccc3-c3ccccc3)cc1N2c1ccc(C(C)C)cc1-c1ccccc1-c1ccccc1-c1ccccc1. The van der Waals surface area contributed by atoms with E-state index in [1.54, 1.807) is 0 Å². The summed E-state index contributed by atoms with van der Waals surface area (Å²) >= 11 is 0. The van der Waals surface area contributed by atoms with Crippen LogP contribution in [0.3, 0.4) is 0 Å². The molecule has 0 spiro atoms. The second-order valence-corrected chi connectivity index (χ2v) is 28.6. The Morgan fingerprint density at radius 1 is 0.370 bits per heavy atom. The maximum atomic E-state index is 7.69. The van der Waals surface area contributed by atoms with Crippen molar-refractivity contribution in [3.8, 4) is 66.8 Å². The van der Waals surface area contributed by atoms with E-state index in [-0.39, 0.29) is 24.8 Å². The maximum absolute atomic E-state index is 7.69. The van der Waals surface area contributed by atoms with Gasteiger partial charge in [-0.05, 0) is 180 Å². The molecule has 0 saturated carbocycles. The van der Waals surface area contributed by atoms with Gasteiger partial charge in [-0.15, -0.1) is 0 Å². The Morgan fingerprint density at radius 2 is 0.900 bits per heavy atom. The number of benzene rings is 14. The molecular formula is C94H73B2N3O. The zero-order valence-electron chi connectivity index (χ0n) is 57.2. The molecule has 15 aromatic rings. The molecule has 0 aliphatic carbocycles. The average Bonchev–Trinajstić information content (AvgIpc) is 1.27. The van der Waals surface area contributed by atoms with Crippen LogP contribution in [-0.4, -0.2) is 13.4 Å². The van der Waals surface area contributed by atoms with E-state index in [4.69, 9.17) is 4.42 Å². The molecule has 4 heterocycles. The first kappa shape index (κ1) is 60.6. The highest BCUT2D eigenvalue weighted by atomic mass is 16.3. The van der Waals surface area contributed by atoms with Crippen molar-refractivity contribution in [3.63, 3.8) is 0 Å². The molecule has 0 unspecified atom stereocenters. The first-order chi connectivity index (χ1) is 49.0. The highest BCUT2D eigenvalue weighted by Crippen LogP contribution is 2.53. The van der Waals surface area contributed by atoms with E-state index in [2.05, 4.69) is 384 Å². The number of furan rings is 1. The lowest BCUT2D eigenvalue weighted by atomic mass is 9.35. The molecular weight excluding hydrogens is 1210 g/mol. The van der Waals surface area contributed by atoms with Crippen LogP contribution in [0.15, 0.2) is 332 Å². The fourth-order valence-corrected chi connectivity index (χ4v) is 16.3. The molecule has 3 aliphatic heterocycles. The summed E-state index contributed by atoms with van der Waals surface area (Å²) in [5.74, 6) is 0.253. The van der Waals surface area contributed by atoms with E-state index in [0.29, 0.717) is 0 Å². The predicted octanol–water partition coefficient (Wildman–Crippen LogP) is 21.5. The van der Waals surface area contributed by atoms with Crippen molar-refractivity contribution in [1.82, 2.24) is 0 Å². The normalized spacial score (nSPS) is 12.7. The van der Waals surface area contributed by atoms with Gasteiger partial charge in [-0.2, -0.15) is 0 Å². The van der Waals surface area contributed by atoms with Gasteiger partial charge < -0.3 is 19.1 Å². The van der Waals surface area contributed by atoms with E-state index in [9.17, 15) is 0 Å². The first-order valence-electron chi connectivity index (χ1n) is 35.2. The molecule has 0 bridgehead atoms. The van der Waals surface area contributed by atoms with Crippen molar-refractivity contribution >= 4 is 109 Å². The summed E-state index contributed by atoms with van der Waals surface area (Å²) in [6.45, 7) is 13.6. The Balaban J connectivity index is 0.916. The highest BCUT2D eigenvalue weighted by molar-refractivity contribution is 7.00. The molecule has 4 nitrogen and oxygen atoms in total. The molecule has 0 saturated heterocycles. The molecule has 0 fully saturated rings. The van der Waals surface area contributed by atoms with Gasteiger partial charge in [0, 0.05) is 50.6 Å². The van der Waals surface area contributed by atoms with Crippen LogP contribution in [0.5, 0.6) is 0 Å². The van der Waals surface area contributed by atoms with Crippen molar-refractivity contribution in [1.29, 1.82) is 0 Å². The van der Waals surface area contributed by atoms with E-state index < -0.39 is 0 Å². The molecule has 0 atom stereocenters. The molecule has 0 N–H and O–H groups in total. The average molecular weight is 1280 g/mol. The number of anilines is 9. The minimum absolute atomic E-state index is 0.0416. The van der Waals surface area contributed by atoms with Crippen LogP contribution in [0.1, 0.15) is 57.2 Å². The summed E-state index contributed by atoms with van der Waals surface area (Å²) in [4.78, 5) is 7.65. The van der Waals surface area contributed by atoms with Crippen LogP contribution in [0.2, 0.25) is 0 Å². The summed E-state index contributed by atoms with van der Waals surface area (Å²) < 4.78 is 7.69. The topological polar surface area (TPSA) is 22.9 Å². The van der Waals surface area contributed by atoms with E-state index in [1.807, 2.05) is 0 Å². The van der Waals surface area contributed by atoms with Crippen LogP contribution < -0.4 is 47.7 Å². The zero-order chi connectivity index (χ0) is 67.3. The Labute approximate surface area is 587 Å². The highest BCUT2D eigenvalue weighted by Gasteiger charge is 2.48. The third-order valence-corrected chi connectivity index (χ3v) is 21.1. The monoisotopic (exact) mass is 1280 g/mol. The summed E-state index contributed by atoms with van der Waals surface area (Å²) in [5, 5.41) is 1.06. The third-order valence-electron chi connectivity index (χ3n) is 21.1. The van der Waals surface area contributed by atoms with Gasteiger partial charge in [0.1, 0.15) is 5.58 Å². The molecule has 14 aromatic carbocycles. The van der Waals surface area contributed by atoms with Crippen molar-refractivity contribution < 1.29 is 4.42 Å². The van der Waals surface area contributed by atoms with E-state index >= 15 is 0 Å². The van der Waals surface area contributed by atoms with Gasteiger partial charge in [0.05, 0.1) is 22.7 Å². The lowest BCUT2D eigenvalue weighted by Gasteiger charge is -2.43. The van der Waals surface area contributed by atoms with Crippen LogP contribution in [0, 0.1) is 6.92 Å². The van der Waals surface area contributed by atoms with E-state index in [1.165, 1.54) is 66.4 Å². The van der Waals surface area contributed by atoms with Gasteiger partial charge in [0.2, 0.25) is 6.71 Å². The molecule has 476 valence electrons. The number of hydrogen-bond donors (Lipinski definition) is 0. The smallest absolute Gasteiger partial charge is 0.297 e. The fourth-order valence-electron chi connectivity index (χ4n) is 16.3. The summed E-state index contributed by atoms with van der Waals surface area (Å²) in [7, 11) is 0. The number of hydrogen-bond acceptors (Lipinski definition) is 4. The van der Waals surface area contributed by atoms with Crippen LogP contribution in [0.4, 0.5) is 51.2 Å². The van der Waals surface area contributed by atoms with Crippen molar-refractivity contribution in [2.45, 2.75) is 52.9 Å². The summed E-state index contributed by atoms with van der Waals surface area (Å²) in [6.07, 6.45) is 0. The minimum Gasteiger partial charge on any atom is -0.468 e. The number of rotatable bonds is 12. The van der Waals surface area contributed by atoms with Gasteiger partial charge >= 0.3 is 0 Å². The number of nitrogens with zero attached hydrogens (tertiary/aromatic N) is 3. The second-order valence-electron chi connectivity index (χ2n) is 28.6. The number of fused-ring (bicyclic) bond motifs is 9. The molecule has 18 rings (SSSR count). The second kappa shape index (κ2) is 24.3. The van der Waals surface area contributed by atoms with E-state index in [0.717, 1.165) is 112 Å². The Kier molecular flexibility index (Phi) is 14.7. The Hall–Kier alpha value is -11.9. The van der Waals surface area contributed by atoms with Crippen LogP contribution in [0.25, 0.3) is 77.7 Å². The fraction of sp³-hybridized carbons (Fsp3) is 0.0851. The van der Waals surface area contributed by atoms with Gasteiger partial charge in [0.15, 0.2) is 0 Å². The summed E-state index contributed by atoms with van der Waals surface area (Å²) in [6, 6.07) is 122. The first-order valence-corrected chi connectivity index (χ1v) is 35.2. The lowest BCUT2D eigenvalue weighted by Crippen LogP contribution is -2.61. The van der Waals surface area contributed by atoms with Crippen LogP contribution in [-0.2, 0) is 5.41 Å². The van der Waals surface area contributed by atoms with Crippen LogP contribution >= 0.6 is 0 Å². The van der Waals surface area contributed by atoms with Gasteiger partial charge in [-0.3, -0.25) is 0 Å². The maximum Gasteiger partial charge on any atom is 0.297 e. The van der Waals surface area contributed by atoms with Crippen molar-refractivity contribution in [3.05, 3.63) is 344 Å². The molecule has 0 amide bonds. The Morgan fingerprint density at radius 3 is 1.53 bits per heavy atom. The largest absolute Gasteiger partial charge is 0.468 e. The molecule has 3 aliphatic rings. The minimum atomic E-state index is -0.324. The third kappa shape index (κ3) is 10.1. The number of para-hydroxylation sites is 1. The van der Waals surface area contributed by atoms with Crippen molar-refractivity contribution in [2.24, 2.45) is 0 Å².